The second kappa shape index (κ2) is 8.53. The summed E-state index contributed by atoms with van der Waals surface area (Å²) in [6.45, 7) is 3.44. The van der Waals surface area contributed by atoms with E-state index >= 15 is 0 Å². The number of ether oxygens (including phenoxy) is 1. The van der Waals surface area contributed by atoms with Gasteiger partial charge in [0.15, 0.2) is 0 Å². The van der Waals surface area contributed by atoms with Crippen molar-refractivity contribution < 1.29 is 14.3 Å². The van der Waals surface area contributed by atoms with E-state index in [4.69, 9.17) is 4.74 Å². The normalized spacial score (nSPS) is 17.7. The number of carbonyl (C=O) groups is 2. The zero-order chi connectivity index (χ0) is 16.7. The van der Waals surface area contributed by atoms with Crippen LogP contribution in [-0.4, -0.2) is 49.6 Å². The summed E-state index contributed by atoms with van der Waals surface area (Å²) >= 11 is 0. The second-order valence-electron chi connectivity index (χ2n) is 5.69. The van der Waals surface area contributed by atoms with E-state index < -0.39 is 6.03 Å². The molecular formula is C17H25N3O3. The van der Waals surface area contributed by atoms with Crippen molar-refractivity contribution in [2.75, 3.05) is 26.7 Å². The first-order valence-electron chi connectivity index (χ1n) is 8.07. The number of urea groups is 1. The molecule has 6 heteroatoms. The minimum Gasteiger partial charge on any atom is -0.496 e. The van der Waals surface area contributed by atoms with E-state index in [0.29, 0.717) is 12.6 Å². The van der Waals surface area contributed by atoms with E-state index in [9.17, 15) is 9.59 Å². The smallest absolute Gasteiger partial charge is 0.321 e. The van der Waals surface area contributed by atoms with Gasteiger partial charge >= 0.3 is 6.03 Å². The highest BCUT2D eigenvalue weighted by molar-refractivity contribution is 5.95. The first kappa shape index (κ1) is 17.3. The van der Waals surface area contributed by atoms with Crippen molar-refractivity contribution in [3.8, 4) is 5.75 Å². The Kier molecular flexibility index (Phi) is 6.40. The average molecular weight is 319 g/mol. The molecule has 0 bridgehead atoms. The van der Waals surface area contributed by atoms with Gasteiger partial charge in [-0.15, -0.1) is 0 Å². The standard InChI is InChI=1S/C17H25N3O3/c1-3-18-17(22)19-16(21)12-20-10-6-8-14(20)11-13-7-4-5-9-15(13)23-2/h4-5,7,9,14H,3,6,8,10-12H2,1-2H3,(H2,18,19,21,22)/t14-/m1/s1. The highest BCUT2D eigenvalue weighted by Gasteiger charge is 2.27. The van der Waals surface area contributed by atoms with Gasteiger partial charge in [0, 0.05) is 12.6 Å². The van der Waals surface area contributed by atoms with E-state index in [-0.39, 0.29) is 12.5 Å². The van der Waals surface area contributed by atoms with Gasteiger partial charge < -0.3 is 10.1 Å². The third-order valence-corrected chi connectivity index (χ3v) is 4.08. The van der Waals surface area contributed by atoms with Crippen LogP contribution in [0, 0.1) is 0 Å². The Morgan fingerprint density at radius 3 is 2.87 bits per heavy atom. The predicted octanol–water partition coefficient (Wildman–Crippen LogP) is 1.55. The minimum atomic E-state index is -0.432. The lowest BCUT2D eigenvalue weighted by Gasteiger charge is -2.24. The molecule has 1 saturated heterocycles. The number of imide groups is 1. The molecule has 0 radical (unpaired) electrons. The van der Waals surface area contributed by atoms with Gasteiger partial charge in [-0.25, -0.2) is 4.79 Å². The van der Waals surface area contributed by atoms with Gasteiger partial charge in [-0.2, -0.15) is 0 Å². The first-order valence-corrected chi connectivity index (χ1v) is 8.07. The van der Waals surface area contributed by atoms with Crippen LogP contribution >= 0.6 is 0 Å². The summed E-state index contributed by atoms with van der Waals surface area (Å²) in [5.74, 6) is 0.619. The van der Waals surface area contributed by atoms with Crippen molar-refractivity contribution in [3.05, 3.63) is 29.8 Å². The number of para-hydroxylation sites is 1. The first-order chi connectivity index (χ1) is 11.1. The summed E-state index contributed by atoms with van der Waals surface area (Å²) in [5.41, 5.74) is 1.15. The molecule has 1 aliphatic rings. The van der Waals surface area contributed by atoms with Crippen LogP contribution in [0.3, 0.4) is 0 Å². The Balaban J connectivity index is 1.92. The zero-order valence-electron chi connectivity index (χ0n) is 13.8. The summed E-state index contributed by atoms with van der Waals surface area (Å²) in [6.07, 6.45) is 2.96. The molecule has 0 saturated carbocycles. The summed E-state index contributed by atoms with van der Waals surface area (Å²) in [6, 6.07) is 7.83. The van der Waals surface area contributed by atoms with Gasteiger partial charge in [0.25, 0.3) is 0 Å². The lowest BCUT2D eigenvalue weighted by molar-refractivity contribution is -0.121. The lowest BCUT2D eigenvalue weighted by Crippen LogP contribution is -2.45. The molecule has 2 N–H and O–H groups in total. The maximum absolute atomic E-state index is 12.0. The molecule has 0 unspecified atom stereocenters. The number of carbonyl (C=O) groups excluding carboxylic acids is 2. The molecule has 1 fully saturated rings. The van der Waals surface area contributed by atoms with Crippen LogP contribution in [-0.2, 0) is 11.2 Å². The van der Waals surface area contributed by atoms with Gasteiger partial charge in [-0.1, -0.05) is 18.2 Å². The fourth-order valence-electron chi connectivity index (χ4n) is 3.02. The monoisotopic (exact) mass is 319 g/mol. The van der Waals surface area contributed by atoms with Crippen molar-refractivity contribution in [1.82, 2.24) is 15.5 Å². The SMILES string of the molecule is CCNC(=O)NC(=O)CN1CCC[C@@H]1Cc1ccccc1OC. The van der Waals surface area contributed by atoms with E-state index in [1.165, 1.54) is 0 Å². The van der Waals surface area contributed by atoms with Gasteiger partial charge in [-0.3, -0.25) is 15.0 Å². The van der Waals surface area contributed by atoms with Gasteiger partial charge in [-0.05, 0) is 44.4 Å². The van der Waals surface area contributed by atoms with Crippen molar-refractivity contribution in [1.29, 1.82) is 0 Å². The van der Waals surface area contributed by atoms with Crippen LogP contribution in [0.15, 0.2) is 24.3 Å². The Morgan fingerprint density at radius 2 is 2.13 bits per heavy atom. The number of rotatable bonds is 6. The largest absolute Gasteiger partial charge is 0.496 e. The number of methoxy groups -OCH3 is 1. The van der Waals surface area contributed by atoms with Crippen LogP contribution in [0.4, 0.5) is 4.79 Å². The van der Waals surface area contributed by atoms with Crippen LogP contribution in [0.25, 0.3) is 0 Å². The Morgan fingerprint density at radius 1 is 1.35 bits per heavy atom. The minimum absolute atomic E-state index is 0.247. The van der Waals surface area contributed by atoms with E-state index in [2.05, 4.69) is 21.6 Å². The fraction of sp³-hybridized carbons (Fsp3) is 0.529. The maximum atomic E-state index is 12.0. The maximum Gasteiger partial charge on any atom is 0.321 e. The zero-order valence-corrected chi connectivity index (χ0v) is 13.8. The van der Waals surface area contributed by atoms with E-state index in [1.54, 1.807) is 7.11 Å². The molecule has 1 aromatic carbocycles. The van der Waals surface area contributed by atoms with Crippen LogP contribution in [0.1, 0.15) is 25.3 Å². The molecule has 1 aromatic rings. The van der Waals surface area contributed by atoms with Crippen molar-refractivity contribution >= 4 is 11.9 Å². The molecule has 1 atom stereocenters. The quantitative estimate of drug-likeness (QED) is 0.834. The lowest BCUT2D eigenvalue weighted by atomic mass is 10.0. The Bertz CT molecular complexity index is 548. The third-order valence-electron chi connectivity index (χ3n) is 4.08. The average Bonchev–Trinajstić information content (AvgIpc) is 2.94. The molecule has 1 aliphatic heterocycles. The molecule has 0 aliphatic carbocycles. The molecule has 0 aromatic heterocycles. The van der Waals surface area contributed by atoms with Gasteiger partial charge in [0.1, 0.15) is 5.75 Å². The second-order valence-corrected chi connectivity index (χ2v) is 5.69. The number of nitrogens with zero attached hydrogens (tertiary/aromatic N) is 1. The predicted molar refractivity (Wildman–Crippen MR) is 88.5 cm³/mol. The number of likely N-dealkylation sites (tertiary alicyclic amines) is 1. The molecule has 6 nitrogen and oxygen atoms in total. The van der Waals surface area contributed by atoms with Crippen molar-refractivity contribution in [3.63, 3.8) is 0 Å². The summed E-state index contributed by atoms with van der Waals surface area (Å²) < 4.78 is 5.40. The Hall–Kier alpha value is -2.08. The highest BCUT2D eigenvalue weighted by Crippen LogP contribution is 2.25. The molecular weight excluding hydrogens is 294 g/mol. The Labute approximate surface area is 137 Å². The van der Waals surface area contributed by atoms with Crippen LogP contribution < -0.4 is 15.4 Å². The summed E-state index contributed by atoms with van der Waals surface area (Å²) in [4.78, 5) is 25.5. The summed E-state index contributed by atoms with van der Waals surface area (Å²) in [5, 5.41) is 4.92. The molecule has 23 heavy (non-hydrogen) atoms. The number of amides is 3. The third kappa shape index (κ3) is 4.96. The number of hydrogen-bond donors (Lipinski definition) is 2. The van der Waals surface area contributed by atoms with Gasteiger partial charge in [0.2, 0.25) is 5.91 Å². The van der Waals surface area contributed by atoms with Crippen molar-refractivity contribution in [2.45, 2.75) is 32.2 Å². The molecule has 2 rings (SSSR count). The van der Waals surface area contributed by atoms with E-state index in [1.807, 2.05) is 25.1 Å². The molecule has 126 valence electrons. The highest BCUT2D eigenvalue weighted by atomic mass is 16.5. The molecule has 3 amide bonds. The van der Waals surface area contributed by atoms with Crippen LogP contribution in [0.5, 0.6) is 5.75 Å². The summed E-state index contributed by atoms with van der Waals surface area (Å²) in [7, 11) is 1.67. The van der Waals surface area contributed by atoms with Crippen LogP contribution in [0.2, 0.25) is 0 Å². The number of hydrogen-bond acceptors (Lipinski definition) is 4. The molecule has 0 spiro atoms. The topological polar surface area (TPSA) is 70.7 Å². The van der Waals surface area contributed by atoms with E-state index in [0.717, 1.165) is 37.1 Å². The fourth-order valence-corrected chi connectivity index (χ4v) is 3.02. The van der Waals surface area contributed by atoms with Gasteiger partial charge in [0.05, 0.1) is 13.7 Å². The molecule has 1 heterocycles. The number of nitrogens with one attached hydrogen (secondary N) is 2. The van der Waals surface area contributed by atoms with Crippen molar-refractivity contribution in [2.24, 2.45) is 0 Å². The number of benzene rings is 1.